The van der Waals surface area contributed by atoms with E-state index in [1.54, 1.807) is 7.11 Å². The van der Waals surface area contributed by atoms with Crippen LogP contribution in [0.15, 0.2) is 48.5 Å². The Kier molecular flexibility index (Phi) is 6.35. The number of urea groups is 1. The smallest absolute Gasteiger partial charge is 0.321 e. The highest BCUT2D eigenvalue weighted by Crippen LogP contribution is 2.24. The van der Waals surface area contributed by atoms with E-state index in [1.807, 2.05) is 35.2 Å². The molecule has 3 rings (SSSR count). The van der Waals surface area contributed by atoms with Crippen LogP contribution in [0.4, 0.5) is 10.5 Å². The topological polar surface area (TPSA) is 44.8 Å². The molecule has 5 nitrogen and oxygen atoms in total. The third kappa shape index (κ3) is 5.01. The van der Waals surface area contributed by atoms with E-state index >= 15 is 0 Å². The lowest BCUT2D eigenvalue weighted by Gasteiger charge is -2.35. The van der Waals surface area contributed by atoms with E-state index in [0.717, 1.165) is 44.2 Å². The van der Waals surface area contributed by atoms with Crippen molar-refractivity contribution in [2.75, 3.05) is 38.6 Å². The first-order valence-corrected chi connectivity index (χ1v) is 9.57. The molecule has 1 aliphatic heterocycles. The van der Waals surface area contributed by atoms with Gasteiger partial charge < -0.3 is 15.0 Å². The second-order valence-corrected chi connectivity index (χ2v) is 7.28. The van der Waals surface area contributed by atoms with Crippen LogP contribution in [0.2, 0.25) is 0 Å². The minimum atomic E-state index is -0.00722. The van der Waals surface area contributed by atoms with Gasteiger partial charge >= 0.3 is 6.03 Å². The number of anilines is 1. The van der Waals surface area contributed by atoms with E-state index < -0.39 is 0 Å². The second kappa shape index (κ2) is 8.91. The molecule has 0 bridgehead atoms. The van der Waals surface area contributed by atoms with Crippen LogP contribution in [-0.4, -0.2) is 49.1 Å². The number of carbonyl (C=O) groups is 1. The average Bonchev–Trinajstić information content (AvgIpc) is 2.69. The van der Waals surface area contributed by atoms with Crippen molar-refractivity contribution in [2.45, 2.75) is 26.3 Å². The van der Waals surface area contributed by atoms with Gasteiger partial charge in [0.2, 0.25) is 0 Å². The van der Waals surface area contributed by atoms with Gasteiger partial charge in [0.25, 0.3) is 0 Å². The monoisotopic (exact) mass is 367 g/mol. The van der Waals surface area contributed by atoms with Crippen molar-refractivity contribution in [1.82, 2.24) is 9.80 Å². The summed E-state index contributed by atoms with van der Waals surface area (Å²) in [4.78, 5) is 16.9. The molecule has 2 amide bonds. The normalized spacial score (nSPS) is 15.0. The molecule has 2 aromatic carbocycles. The van der Waals surface area contributed by atoms with Crippen LogP contribution in [0.5, 0.6) is 5.75 Å². The summed E-state index contributed by atoms with van der Waals surface area (Å²) in [7, 11) is 1.68. The maximum atomic E-state index is 12.7. The van der Waals surface area contributed by atoms with Crippen LogP contribution in [0.1, 0.15) is 30.9 Å². The zero-order chi connectivity index (χ0) is 19.2. The number of para-hydroxylation sites is 1. The maximum Gasteiger partial charge on any atom is 0.321 e. The third-order valence-corrected chi connectivity index (χ3v) is 5.05. The SMILES string of the molecule is COc1ccc(CN2CCN(C(=O)Nc3ccccc3C(C)C)CC2)cc1. The summed E-state index contributed by atoms with van der Waals surface area (Å²) >= 11 is 0. The standard InChI is InChI=1S/C22H29N3O2/c1-17(2)20-6-4-5-7-21(20)23-22(26)25-14-12-24(13-15-25)16-18-8-10-19(27-3)11-9-18/h4-11,17H,12-16H2,1-3H3,(H,23,26). The molecular weight excluding hydrogens is 338 g/mol. The number of methoxy groups -OCH3 is 1. The molecule has 0 aromatic heterocycles. The van der Waals surface area contributed by atoms with Gasteiger partial charge in [-0.1, -0.05) is 44.2 Å². The van der Waals surface area contributed by atoms with Gasteiger partial charge in [0.15, 0.2) is 0 Å². The first-order chi connectivity index (χ1) is 13.1. The number of amides is 2. The van der Waals surface area contributed by atoms with Crippen molar-refractivity contribution in [1.29, 1.82) is 0 Å². The lowest BCUT2D eigenvalue weighted by molar-refractivity contribution is 0.143. The number of hydrogen-bond donors (Lipinski definition) is 1. The lowest BCUT2D eigenvalue weighted by atomic mass is 10.0. The van der Waals surface area contributed by atoms with Crippen LogP contribution in [-0.2, 0) is 6.54 Å². The highest BCUT2D eigenvalue weighted by Gasteiger charge is 2.22. The quantitative estimate of drug-likeness (QED) is 0.863. The molecule has 1 N–H and O–H groups in total. The fraction of sp³-hybridized carbons (Fsp3) is 0.409. The van der Waals surface area contributed by atoms with Crippen molar-refractivity contribution in [2.24, 2.45) is 0 Å². The van der Waals surface area contributed by atoms with Crippen molar-refractivity contribution in [3.63, 3.8) is 0 Å². The Morgan fingerprint density at radius 1 is 1.04 bits per heavy atom. The van der Waals surface area contributed by atoms with Crippen molar-refractivity contribution < 1.29 is 9.53 Å². The summed E-state index contributed by atoms with van der Waals surface area (Å²) in [6.07, 6.45) is 0. The summed E-state index contributed by atoms with van der Waals surface area (Å²) < 4.78 is 5.21. The molecule has 0 aliphatic carbocycles. The Hall–Kier alpha value is -2.53. The van der Waals surface area contributed by atoms with Crippen molar-refractivity contribution >= 4 is 11.7 Å². The molecule has 0 spiro atoms. The molecule has 1 aliphatic rings. The minimum absolute atomic E-state index is 0.00722. The van der Waals surface area contributed by atoms with E-state index in [0.29, 0.717) is 5.92 Å². The summed E-state index contributed by atoms with van der Waals surface area (Å²) in [6.45, 7) is 8.43. The zero-order valence-electron chi connectivity index (χ0n) is 16.4. The van der Waals surface area contributed by atoms with E-state index in [1.165, 1.54) is 11.1 Å². The predicted octanol–water partition coefficient (Wildman–Crippen LogP) is 4.17. The van der Waals surface area contributed by atoms with Crippen LogP contribution in [0.3, 0.4) is 0 Å². The number of rotatable bonds is 5. The van der Waals surface area contributed by atoms with Gasteiger partial charge in [-0.15, -0.1) is 0 Å². The van der Waals surface area contributed by atoms with Crippen molar-refractivity contribution in [3.05, 3.63) is 59.7 Å². The Balaban J connectivity index is 1.52. The molecule has 1 heterocycles. The Morgan fingerprint density at radius 2 is 1.70 bits per heavy atom. The number of hydrogen-bond acceptors (Lipinski definition) is 3. The van der Waals surface area contributed by atoms with E-state index in [9.17, 15) is 4.79 Å². The first-order valence-electron chi connectivity index (χ1n) is 9.57. The highest BCUT2D eigenvalue weighted by atomic mass is 16.5. The predicted molar refractivity (Wildman–Crippen MR) is 109 cm³/mol. The zero-order valence-corrected chi connectivity index (χ0v) is 16.4. The van der Waals surface area contributed by atoms with Crippen LogP contribution >= 0.6 is 0 Å². The van der Waals surface area contributed by atoms with Crippen LogP contribution in [0, 0.1) is 0 Å². The number of benzene rings is 2. The van der Waals surface area contributed by atoms with Gasteiger partial charge in [0, 0.05) is 38.4 Å². The number of carbonyl (C=O) groups excluding carboxylic acids is 1. The van der Waals surface area contributed by atoms with Gasteiger partial charge in [-0.05, 0) is 35.2 Å². The summed E-state index contributed by atoms with van der Waals surface area (Å²) in [5.74, 6) is 1.25. The number of ether oxygens (including phenoxy) is 1. The molecule has 1 saturated heterocycles. The molecule has 0 unspecified atom stereocenters. The molecule has 2 aromatic rings. The summed E-state index contributed by atoms with van der Waals surface area (Å²) in [5, 5.41) is 3.09. The summed E-state index contributed by atoms with van der Waals surface area (Å²) in [5.41, 5.74) is 3.35. The van der Waals surface area contributed by atoms with Gasteiger partial charge in [0.05, 0.1) is 7.11 Å². The Bertz CT molecular complexity index is 750. The number of nitrogens with one attached hydrogen (secondary N) is 1. The van der Waals surface area contributed by atoms with E-state index in [-0.39, 0.29) is 6.03 Å². The largest absolute Gasteiger partial charge is 0.497 e. The first kappa shape index (κ1) is 19.2. The van der Waals surface area contributed by atoms with Gasteiger partial charge in [-0.3, -0.25) is 4.90 Å². The van der Waals surface area contributed by atoms with Crippen LogP contribution in [0.25, 0.3) is 0 Å². The second-order valence-electron chi connectivity index (χ2n) is 7.28. The third-order valence-electron chi connectivity index (χ3n) is 5.05. The van der Waals surface area contributed by atoms with Crippen LogP contribution < -0.4 is 10.1 Å². The van der Waals surface area contributed by atoms with Gasteiger partial charge in [-0.25, -0.2) is 4.79 Å². The molecule has 5 heteroatoms. The molecule has 0 atom stereocenters. The maximum absolute atomic E-state index is 12.7. The number of piperazine rings is 1. The fourth-order valence-corrected chi connectivity index (χ4v) is 3.41. The van der Waals surface area contributed by atoms with E-state index in [2.05, 4.69) is 42.3 Å². The van der Waals surface area contributed by atoms with Gasteiger partial charge in [0.1, 0.15) is 5.75 Å². The van der Waals surface area contributed by atoms with Gasteiger partial charge in [-0.2, -0.15) is 0 Å². The Labute approximate surface area is 161 Å². The molecule has 0 saturated carbocycles. The summed E-state index contributed by atoms with van der Waals surface area (Å²) in [6, 6.07) is 16.2. The fourth-order valence-electron chi connectivity index (χ4n) is 3.41. The average molecular weight is 367 g/mol. The molecule has 27 heavy (non-hydrogen) atoms. The highest BCUT2D eigenvalue weighted by molar-refractivity contribution is 5.90. The molecule has 1 fully saturated rings. The van der Waals surface area contributed by atoms with E-state index in [4.69, 9.17) is 4.74 Å². The number of nitrogens with zero attached hydrogens (tertiary/aromatic N) is 2. The lowest BCUT2D eigenvalue weighted by Crippen LogP contribution is -2.49. The molecule has 0 radical (unpaired) electrons. The Morgan fingerprint density at radius 3 is 2.33 bits per heavy atom. The minimum Gasteiger partial charge on any atom is -0.497 e. The molecular formula is C22H29N3O2. The van der Waals surface area contributed by atoms with Crippen molar-refractivity contribution in [3.8, 4) is 5.75 Å². The molecule has 144 valence electrons.